The molecule has 0 bridgehead atoms. The van der Waals surface area contributed by atoms with Gasteiger partial charge in [-0.05, 0) is 44.0 Å². The lowest BCUT2D eigenvalue weighted by Gasteiger charge is -2.11. The number of rotatable bonds is 5. The summed E-state index contributed by atoms with van der Waals surface area (Å²) in [4.78, 5) is 13.8. The third-order valence-electron chi connectivity index (χ3n) is 5.03. The zero-order chi connectivity index (χ0) is 19.9. The van der Waals surface area contributed by atoms with Gasteiger partial charge < -0.3 is 9.64 Å². The molecule has 0 radical (unpaired) electrons. The number of amides is 1. The molecular formula is C21H22N2O4S. The molecular weight excluding hydrogens is 376 g/mol. The molecule has 1 aromatic heterocycles. The number of benzene rings is 2. The molecule has 1 aliphatic rings. The van der Waals surface area contributed by atoms with E-state index in [0.29, 0.717) is 25.0 Å². The van der Waals surface area contributed by atoms with Crippen LogP contribution in [0.3, 0.4) is 0 Å². The van der Waals surface area contributed by atoms with E-state index < -0.39 is 10.0 Å². The molecule has 6 nitrogen and oxygen atoms in total. The number of hydrogen-bond donors (Lipinski definition) is 0. The highest BCUT2D eigenvalue weighted by Gasteiger charge is 2.28. The van der Waals surface area contributed by atoms with Gasteiger partial charge in [0.1, 0.15) is 6.10 Å². The predicted octanol–water partition coefficient (Wildman–Crippen LogP) is 3.57. The number of cyclic esters (lactones) is 1. The molecule has 7 heteroatoms. The summed E-state index contributed by atoms with van der Waals surface area (Å²) in [5, 5.41) is 0.874. The fourth-order valence-corrected chi connectivity index (χ4v) is 4.94. The zero-order valence-electron chi connectivity index (χ0n) is 15.8. The number of ether oxygens (including phenoxy) is 1. The molecule has 0 saturated carbocycles. The first-order valence-corrected chi connectivity index (χ1v) is 10.7. The van der Waals surface area contributed by atoms with Crippen LogP contribution in [0.2, 0.25) is 0 Å². The quantitative estimate of drug-likeness (QED) is 0.659. The minimum atomic E-state index is -3.71. The lowest BCUT2D eigenvalue weighted by molar-refractivity contribution is 0.138. The van der Waals surface area contributed by atoms with Crippen molar-refractivity contribution in [2.75, 3.05) is 13.1 Å². The summed E-state index contributed by atoms with van der Waals surface area (Å²) in [5.41, 5.74) is 2.53. The largest absolute Gasteiger partial charge is 0.445 e. The molecule has 1 fully saturated rings. The molecule has 0 aliphatic carbocycles. The number of aromatic nitrogens is 1. The van der Waals surface area contributed by atoms with Gasteiger partial charge in [-0.15, -0.1) is 0 Å². The minimum absolute atomic E-state index is 0.115. The summed E-state index contributed by atoms with van der Waals surface area (Å²) < 4.78 is 32.9. The van der Waals surface area contributed by atoms with E-state index in [1.807, 2.05) is 32.0 Å². The summed E-state index contributed by atoms with van der Waals surface area (Å²) >= 11 is 0. The van der Waals surface area contributed by atoms with Gasteiger partial charge >= 0.3 is 6.09 Å². The topological polar surface area (TPSA) is 68.6 Å². The van der Waals surface area contributed by atoms with E-state index in [0.717, 1.165) is 16.5 Å². The first-order valence-electron chi connectivity index (χ1n) is 9.23. The number of carbonyl (C=O) groups is 1. The Morgan fingerprint density at radius 2 is 1.82 bits per heavy atom. The second kappa shape index (κ2) is 6.98. The van der Waals surface area contributed by atoms with E-state index in [1.54, 1.807) is 41.4 Å². The van der Waals surface area contributed by atoms with E-state index in [9.17, 15) is 13.2 Å². The van der Waals surface area contributed by atoms with E-state index in [4.69, 9.17) is 4.74 Å². The number of carbonyl (C=O) groups excluding carboxylic acids is 1. The highest BCUT2D eigenvalue weighted by Crippen LogP contribution is 2.27. The Hall–Kier alpha value is -2.80. The van der Waals surface area contributed by atoms with Crippen molar-refractivity contribution < 1.29 is 17.9 Å². The second-order valence-electron chi connectivity index (χ2n) is 7.18. The lowest BCUT2D eigenvalue weighted by Crippen LogP contribution is -2.27. The summed E-state index contributed by atoms with van der Waals surface area (Å²) in [6.45, 7) is 4.82. The van der Waals surface area contributed by atoms with Crippen LogP contribution < -0.4 is 0 Å². The van der Waals surface area contributed by atoms with Gasteiger partial charge in [-0.2, -0.15) is 0 Å². The van der Waals surface area contributed by atoms with Gasteiger partial charge in [-0.3, -0.25) is 0 Å². The zero-order valence-corrected chi connectivity index (χ0v) is 16.6. The molecule has 1 atom stereocenters. The van der Waals surface area contributed by atoms with Crippen molar-refractivity contribution in [3.05, 3.63) is 65.9 Å². The number of hydrogen-bond acceptors (Lipinski definition) is 4. The SMILES string of the molecule is Cc1ccc(S(=O)(=O)n2cc(CCN3CC(C)OC3=O)c3ccccc32)cc1. The predicted molar refractivity (Wildman–Crippen MR) is 107 cm³/mol. The Bertz CT molecular complexity index is 1130. The first kappa shape index (κ1) is 18.6. The number of fused-ring (bicyclic) bond motifs is 1. The standard InChI is InChI=1S/C21H22N2O4S/c1-15-7-9-18(10-8-15)28(25,26)23-14-17(19-5-3-4-6-20(19)23)11-12-22-13-16(2)27-21(22)24/h3-10,14,16H,11-13H2,1-2H3. The second-order valence-corrected chi connectivity index (χ2v) is 8.99. The highest BCUT2D eigenvalue weighted by atomic mass is 32.2. The van der Waals surface area contributed by atoms with Crippen molar-refractivity contribution in [1.82, 2.24) is 8.87 Å². The van der Waals surface area contributed by atoms with Crippen molar-refractivity contribution in [2.24, 2.45) is 0 Å². The van der Waals surface area contributed by atoms with Crippen LogP contribution in [0.1, 0.15) is 18.1 Å². The van der Waals surface area contributed by atoms with Gasteiger partial charge in [0.25, 0.3) is 10.0 Å². The average Bonchev–Trinajstić information content (AvgIpc) is 3.20. The molecule has 2 aromatic carbocycles. The van der Waals surface area contributed by atoms with E-state index in [2.05, 4.69) is 0 Å². The molecule has 1 aliphatic heterocycles. The molecule has 3 aromatic rings. The number of aryl methyl sites for hydroxylation is 1. The Kier molecular flexibility index (Phi) is 4.63. The summed E-state index contributed by atoms with van der Waals surface area (Å²) in [7, 11) is -3.71. The third kappa shape index (κ3) is 3.26. The van der Waals surface area contributed by atoms with Crippen molar-refractivity contribution in [1.29, 1.82) is 0 Å². The monoisotopic (exact) mass is 398 g/mol. The number of para-hydroxylation sites is 1. The van der Waals surface area contributed by atoms with Crippen molar-refractivity contribution in [3.63, 3.8) is 0 Å². The lowest BCUT2D eigenvalue weighted by atomic mass is 10.1. The molecule has 1 amide bonds. The fourth-order valence-electron chi connectivity index (χ4n) is 3.55. The average molecular weight is 398 g/mol. The maximum absolute atomic E-state index is 13.2. The Balaban J connectivity index is 1.70. The van der Waals surface area contributed by atoms with Gasteiger partial charge in [0.15, 0.2) is 0 Å². The molecule has 2 heterocycles. The summed E-state index contributed by atoms with van der Waals surface area (Å²) in [6.07, 6.45) is 1.79. The van der Waals surface area contributed by atoms with Crippen molar-refractivity contribution in [3.8, 4) is 0 Å². The molecule has 0 N–H and O–H groups in total. The van der Waals surface area contributed by atoms with Crippen LogP contribution in [0.15, 0.2) is 59.6 Å². The molecule has 0 spiro atoms. The molecule has 146 valence electrons. The smallest absolute Gasteiger partial charge is 0.410 e. The normalized spacial score (nSPS) is 17.3. The van der Waals surface area contributed by atoms with Gasteiger partial charge in [0, 0.05) is 18.1 Å². The maximum Gasteiger partial charge on any atom is 0.410 e. The molecule has 28 heavy (non-hydrogen) atoms. The number of nitrogens with zero attached hydrogens (tertiary/aromatic N) is 2. The van der Waals surface area contributed by atoms with Crippen LogP contribution in [0.4, 0.5) is 4.79 Å². The Morgan fingerprint density at radius 1 is 1.11 bits per heavy atom. The fraction of sp³-hybridized carbons (Fsp3) is 0.286. The van der Waals surface area contributed by atoms with E-state index in [-0.39, 0.29) is 17.1 Å². The van der Waals surface area contributed by atoms with Gasteiger partial charge in [0.2, 0.25) is 0 Å². The molecule has 4 rings (SSSR count). The van der Waals surface area contributed by atoms with E-state index in [1.165, 1.54) is 3.97 Å². The van der Waals surface area contributed by atoms with Crippen molar-refractivity contribution in [2.45, 2.75) is 31.3 Å². The van der Waals surface area contributed by atoms with Crippen LogP contribution in [0.5, 0.6) is 0 Å². The Labute approximate surface area is 164 Å². The van der Waals surface area contributed by atoms with Gasteiger partial charge in [0.05, 0.1) is 17.0 Å². The molecule has 1 saturated heterocycles. The summed E-state index contributed by atoms with van der Waals surface area (Å²) in [6, 6.07) is 14.3. The minimum Gasteiger partial charge on any atom is -0.445 e. The van der Waals surface area contributed by atoms with Gasteiger partial charge in [-0.25, -0.2) is 17.2 Å². The highest BCUT2D eigenvalue weighted by molar-refractivity contribution is 7.90. The molecule has 1 unspecified atom stereocenters. The van der Waals surface area contributed by atoms with Crippen LogP contribution in [0.25, 0.3) is 10.9 Å². The maximum atomic E-state index is 13.2. The van der Waals surface area contributed by atoms with Crippen LogP contribution in [-0.2, 0) is 21.2 Å². The van der Waals surface area contributed by atoms with E-state index >= 15 is 0 Å². The van der Waals surface area contributed by atoms with Crippen LogP contribution in [-0.4, -0.2) is 42.6 Å². The summed E-state index contributed by atoms with van der Waals surface area (Å²) in [5.74, 6) is 0. The van der Waals surface area contributed by atoms with Crippen LogP contribution in [0, 0.1) is 6.92 Å². The third-order valence-corrected chi connectivity index (χ3v) is 6.71. The van der Waals surface area contributed by atoms with Crippen molar-refractivity contribution >= 4 is 27.0 Å². The van der Waals surface area contributed by atoms with Gasteiger partial charge in [-0.1, -0.05) is 35.9 Å². The van der Waals surface area contributed by atoms with Crippen LogP contribution >= 0.6 is 0 Å². The first-order chi connectivity index (χ1) is 13.4. The Morgan fingerprint density at radius 3 is 2.50 bits per heavy atom.